The van der Waals surface area contributed by atoms with E-state index in [9.17, 15) is 4.79 Å². The molecule has 1 aromatic heterocycles. The summed E-state index contributed by atoms with van der Waals surface area (Å²) in [6.45, 7) is 5.46. The number of halogens is 2. The molecule has 0 spiro atoms. The monoisotopic (exact) mass is 402 g/mol. The molecule has 1 atom stereocenters. The van der Waals surface area contributed by atoms with E-state index in [1.807, 2.05) is 23.1 Å². The van der Waals surface area contributed by atoms with Crippen LogP contribution in [-0.2, 0) is 16.1 Å². The Bertz CT molecular complexity index is 708. The number of hydrogen-bond acceptors (Lipinski definition) is 4. The van der Waals surface area contributed by atoms with Crippen LogP contribution in [0.3, 0.4) is 0 Å². The average molecular weight is 403 g/mol. The minimum Gasteiger partial charge on any atom is -0.383 e. The first-order valence-corrected chi connectivity index (χ1v) is 8.70. The highest BCUT2D eigenvalue weighted by Crippen LogP contribution is 2.33. The summed E-state index contributed by atoms with van der Waals surface area (Å²) >= 11 is 0. The van der Waals surface area contributed by atoms with Gasteiger partial charge in [-0.05, 0) is 31.9 Å². The molecule has 1 aliphatic rings. The molecule has 3 rings (SSSR count). The third-order valence-electron chi connectivity index (χ3n) is 4.63. The molecule has 1 amide bonds. The van der Waals surface area contributed by atoms with E-state index >= 15 is 0 Å². The number of carbonyl (C=O) groups is 1. The SMILES string of the molecule is CCn1c(C2CCCN2C(=O)CNCCOC)nc2ccccc21.Cl.Cl. The lowest BCUT2D eigenvalue weighted by Crippen LogP contribution is -2.39. The largest absolute Gasteiger partial charge is 0.383 e. The van der Waals surface area contributed by atoms with Gasteiger partial charge in [0.05, 0.1) is 30.2 Å². The molecule has 146 valence electrons. The molecule has 26 heavy (non-hydrogen) atoms. The summed E-state index contributed by atoms with van der Waals surface area (Å²) < 4.78 is 7.24. The van der Waals surface area contributed by atoms with E-state index in [4.69, 9.17) is 9.72 Å². The van der Waals surface area contributed by atoms with Crippen molar-refractivity contribution in [3.05, 3.63) is 30.1 Å². The van der Waals surface area contributed by atoms with E-state index in [0.717, 1.165) is 42.8 Å². The van der Waals surface area contributed by atoms with Crippen LogP contribution in [0, 0.1) is 0 Å². The number of nitrogens with zero attached hydrogens (tertiary/aromatic N) is 3. The molecular weight excluding hydrogens is 375 g/mol. The van der Waals surface area contributed by atoms with Crippen molar-refractivity contribution in [1.29, 1.82) is 0 Å². The van der Waals surface area contributed by atoms with Crippen molar-refractivity contribution in [2.24, 2.45) is 0 Å². The number of likely N-dealkylation sites (tertiary alicyclic amines) is 1. The van der Waals surface area contributed by atoms with Gasteiger partial charge in [-0.3, -0.25) is 4.79 Å². The number of ether oxygens (including phenoxy) is 1. The maximum atomic E-state index is 12.6. The number of fused-ring (bicyclic) bond motifs is 1. The fourth-order valence-corrected chi connectivity index (χ4v) is 3.49. The molecule has 0 aliphatic carbocycles. The van der Waals surface area contributed by atoms with Gasteiger partial charge in [-0.2, -0.15) is 0 Å². The van der Waals surface area contributed by atoms with Crippen LogP contribution in [0.2, 0.25) is 0 Å². The molecule has 1 N–H and O–H groups in total. The zero-order chi connectivity index (χ0) is 16.9. The number of hydrogen-bond donors (Lipinski definition) is 1. The number of methoxy groups -OCH3 is 1. The number of benzene rings is 1. The van der Waals surface area contributed by atoms with Gasteiger partial charge in [-0.25, -0.2) is 4.98 Å². The van der Waals surface area contributed by atoms with Crippen molar-refractivity contribution >= 4 is 41.8 Å². The van der Waals surface area contributed by atoms with E-state index in [1.54, 1.807) is 7.11 Å². The van der Waals surface area contributed by atoms with Crippen LogP contribution in [0.25, 0.3) is 11.0 Å². The van der Waals surface area contributed by atoms with Crippen molar-refractivity contribution in [1.82, 2.24) is 19.8 Å². The first-order valence-electron chi connectivity index (χ1n) is 8.70. The number of aryl methyl sites for hydroxylation is 1. The Balaban J connectivity index is 0.00000169. The quantitative estimate of drug-likeness (QED) is 0.723. The predicted octanol–water partition coefficient (Wildman–Crippen LogP) is 2.80. The predicted molar refractivity (Wildman–Crippen MR) is 108 cm³/mol. The van der Waals surface area contributed by atoms with Gasteiger partial charge in [0, 0.05) is 26.7 Å². The molecule has 0 saturated carbocycles. The van der Waals surface area contributed by atoms with Gasteiger partial charge in [0.2, 0.25) is 5.91 Å². The Morgan fingerprint density at radius 2 is 2.12 bits per heavy atom. The van der Waals surface area contributed by atoms with E-state index in [2.05, 4.69) is 22.9 Å². The van der Waals surface area contributed by atoms with Crippen LogP contribution in [0.1, 0.15) is 31.6 Å². The number of aromatic nitrogens is 2. The summed E-state index contributed by atoms with van der Waals surface area (Å²) in [6, 6.07) is 8.27. The number of amides is 1. The minimum atomic E-state index is 0. The molecule has 0 bridgehead atoms. The van der Waals surface area contributed by atoms with Gasteiger partial charge < -0.3 is 19.5 Å². The van der Waals surface area contributed by atoms with Crippen molar-refractivity contribution in [3.8, 4) is 0 Å². The normalized spacial score (nSPS) is 16.4. The second kappa shape index (κ2) is 10.7. The third kappa shape index (κ3) is 4.68. The van der Waals surface area contributed by atoms with E-state index in [-0.39, 0.29) is 36.8 Å². The van der Waals surface area contributed by atoms with Crippen LogP contribution in [0.4, 0.5) is 0 Å². The maximum Gasteiger partial charge on any atom is 0.237 e. The number of carbonyl (C=O) groups excluding carboxylic acids is 1. The van der Waals surface area contributed by atoms with Crippen molar-refractivity contribution < 1.29 is 9.53 Å². The summed E-state index contributed by atoms with van der Waals surface area (Å²) in [5, 5.41) is 3.15. The number of nitrogens with one attached hydrogen (secondary N) is 1. The molecule has 0 radical (unpaired) electrons. The van der Waals surface area contributed by atoms with Crippen LogP contribution in [0.5, 0.6) is 0 Å². The smallest absolute Gasteiger partial charge is 0.237 e. The number of rotatable bonds is 7. The van der Waals surface area contributed by atoms with Crippen LogP contribution in [0.15, 0.2) is 24.3 Å². The molecule has 6 nitrogen and oxygen atoms in total. The van der Waals surface area contributed by atoms with Crippen molar-refractivity contribution in [2.45, 2.75) is 32.4 Å². The van der Waals surface area contributed by atoms with Gasteiger partial charge in [0.15, 0.2) is 0 Å². The highest BCUT2D eigenvalue weighted by molar-refractivity contribution is 5.85. The standard InChI is InChI=1S/C18H26N4O2.2ClH/c1-3-21-15-8-5-4-7-14(15)20-18(21)16-9-6-11-22(16)17(23)13-19-10-12-24-2;;/h4-5,7-8,16,19H,3,6,9-13H2,1-2H3;2*1H. The van der Waals surface area contributed by atoms with Crippen molar-refractivity contribution in [3.63, 3.8) is 0 Å². The molecule has 2 aromatic rings. The summed E-state index contributed by atoms with van der Waals surface area (Å²) in [4.78, 5) is 19.4. The Morgan fingerprint density at radius 3 is 2.85 bits per heavy atom. The molecule has 1 unspecified atom stereocenters. The highest BCUT2D eigenvalue weighted by Gasteiger charge is 2.33. The zero-order valence-corrected chi connectivity index (χ0v) is 16.9. The first-order chi connectivity index (χ1) is 11.8. The van der Waals surface area contributed by atoms with Crippen LogP contribution in [-0.4, -0.2) is 53.7 Å². The lowest BCUT2D eigenvalue weighted by Gasteiger charge is -2.25. The van der Waals surface area contributed by atoms with E-state index < -0.39 is 0 Å². The van der Waals surface area contributed by atoms with Crippen LogP contribution >= 0.6 is 24.8 Å². The van der Waals surface area contributed by atoms with Gasteiger partial charge in [0.25, 0.3) is 0 Å². The molecular formula is C18H28Cl2N4O2. The Kier molecular flexibility index (Phi) is 9.36. The molecule has 8 heteroatoms. The topological polar surface area (TPSA) is 59.4 Å². The molecule has 1 fully saturated rings. The Morgan fingerprint density at radius 1 is 1.35 bits per heavy atom. The average Bonchev–Trinajstić information content (AvgIpc) is 3.22. The van der Waals surface area contributed by atoms with Crippen molar-refractivity contribution in [2.75, 3.05) is 33.4 Å². The molecule has 2 heterocycles. The van der Waals surface area contributed by atoms with Gasteiger partial charge in [-0.15, -0.1) is 24.8 Å². The van der Waals surface area contributed by atoms with Crippen LogP contribution < -0.4 is 5.32 Å². The number of imidazole rings is 1. The summed E-state index contributed by atoms with van der Waals surface area (Å²) in [5.74, 6) is 1.16. The Labute approximate surface area is 167 Å². The first kappa shape index (κ1) is 22.7. The lowest BCUT2D eigenvalue weighted by atomic mass is 10.2. The third-order valence-corrected chi connectivity index (χ3v) is 4.63. The van der Waals surface area contributed by atoms with Gasteiger partial charge in [0.1, 0.15) is 5.82 Å². The summed E-state index contributed by atoms with van der Waals surface area (Å²) in [7, 11) is 1.66. The van der Waals surface area contributed by atoms with Gasteiger partial charge in [-0.1, -0.05) is 12.1 Å². The second-order valence-electron chi connectivity index (χ2n) is 6.12. The lowest BCUT2D eigenvalue weighted by molar-refractivity contribution is -0.131. The Hall–Kier alpha value is -1.34. The van der Waals surface area contributed by atoms with E-state index in [0.29, 0.717) is 19.7 Å². The number of para-hydroxylation sites is 2. The maximum absolute atomic E-state index is 12.6. The minimum absolute atomic E-state index is 0. The molecule has 1 saturated heterocycles. The van der Waals surface area contributed by atoms with Gasteiger partial charge >= 0.3 is 0 Å². The summed E-state index contributed by atoms with van der Waals surface area (Å²) in [6.07, 6.45) is 2.01. The van der Waals surface area contributed by atoms with E-state index in [1.165, 1.54) is 0 Å². The zero-order valence-electron chi connectivity index (χ0n) is 15.3. The molecule has 1 aliphatic heterocycles. The highest BCUT2D eigenvalue weighted by atomic mass is 35.5. The summed E-state index contributed by atoms with van der Waals surface area (Å²) in [5.41, 5.74) is 2.15. The fraction of sp³-hybridized carbons (Fsp3) is 0.556. The fourth-order valence-electron chi connectivity index (χ4n) is 3.49. The molecule has 1 aromatic carbocycles. The second-order valence-corrected chi connectivity index (χ2v) is 6.12.